The number of carbonyl (C=O) groups excluding carboxylic acids is 1. The molecule has 1 aliphatic heterocycles. The fourth-order valence-corrected chi connectivity index (χ4v) is 4.45. The third kappa shape index (κ3) is 3.83. The fraction of sp³-hybridized carbons (Fsp3) is 0.294. The van der Waals surface area contributed by atoms with Gasteiger partial charge in [0, 0.05) is 18.5 Å². The summed E-state index contributed by atoms with van der Waals surface area (Å²) in [5.41, 5.74) is 0.0342. The molecule has 1 saturated heterocycles. The number of alkyl halides is 3. The molecule has 1 amide bonds. The number of hydrogen-bond donors (Lipinski definition) is 0. The highest BCUT2D eigenvalue weighted by Crippen LogP contribution is 2.41. The minimum atomic E-state index is -4.52. The summed E-state index contributed by atoms with van der Waals surface area (Å²) in [5, 5.41) is -0.216. The number of ether oxygens (including phenoxy) is 1. The van der Waals surface area contributed by atoms with Gasteiger partial charge in [0.25, 0.3) is 5.91 Å². The molecule has 1 aliphatic rings. The van der Waals surface area contributed by atoms with Crippen molar-refractivity contribution in [2.75, 3.05) is 19.4 Å². The Morgan fingerprint density at radius 3 is 2.69 bits per heavy atom. The number of nitrogens with zero attached hydrogens (tertiary/aromatic N) is 2. The highest BCUT2D eigenvalue weighted by Gasteiger charge is 2.34. The average Bonchev–Trinajstić information content (AvgIpc) is 3.10. The van der Waals surface area contributed by atoms with Gasteiger partial charge in [-0.3, -0.25) is 9.78 Å². The lowest BCUT2D eigenvalue weighted by Crippen LogP contribution is -2.30. The van der Waals surface area contributed by atoms with E-state index in [0.29, 0.717) is 12.3 Å². The summed E-state index contributed by atoms with van der Waals surface area (Å²) in [6.45, 7) is 0.513. The second-order valence-corrected chi connectivity index (χ2v) is 7.59. The molecule has 26 heavy (non-hydrogen) atoms. The van der Waals surface area contributed by atoms with Gasteiger partial charge in [0.15, 0.2) is 0 Å². The lowest BCUT2D eigenvalue weighted by Gasteiger charge is -2.24. The molecule has 0 radical (unpaired) electrons. The summed E-state index contributed by atoms with van der Waals surface area (Å²) in [4.78, 5) is 17.8. The zero-order valence-corrected chi connectivity index (χ0v) is 16.0. The quantitative estimate of drug-likeness (QED) is 0.681. The Morgan fingerprint density at radius 1 is 1.35 bits per heavy atom. The molecule has 138 valence electrons. The van der Waals surface area contributed by atoms with Crippen molar-refractivity contribution in [2.24, 2.45) is 0 Å². The van der Waals surface area contributed by atoms with Crippen LogP contribution in [0.25, 0.3) is 0 Å². The highest BCUT2D eigenvalue weighted by atomic mass is 79.9. The van der Waals surface area contributed by atoms with E-state index in [1.807, 2.05) is 12.1 Å². The molecule has 3 rings (SSSR count). The molecule has 2 heterocycles. The van der Waals surface area contributed by atoms with E-state index in [1.54, 1.807) is 29.8 Å². The van der Waals surface area contributed by atoms with Gasteiger partial charge in [-0.25, -0.2) is 0 Å². The molecular weight excluding hydrogens is 433 g/mol. The zero-order valence-electron chi connectivity index (χ0n) is 13.6. The Labute approximate surface area is 160 Å². The van der Waals surface area contributed by atoms with Crippen LogP contribution in [0.1, 0.15) is 27.0 Å². The van der Waals surface area contributed by atoms with Crippen molar-refractivity contribution in [1.82, 2.24) is 9.88 Å². The average molecular weight is 447 g/mol. The smallest absolute Gasteiger partial charge is 0.433 e. The molecule has 0 saturated carbocycles. The summed E-state index contributed by atoms with van der Waals surface area (Å²) >= 11 is 5.03. The van der Waals surface area contributed by atoms with Gasteiger partial charge < -0.3 is 9.64 Å². The predicted molar refractivity (Wildman–Crippen MR) is 96.2 cm³/mol. The van der Waals surface area contributed by atoms with Crippen LogP contribution in [0.2, 0.25) is 0 Å². The lowest BCUT2D eigenvalue weighted by atomic mass is 10.1. The number of hydrogen-bond acceptors (Lipinski definition) is 4. The van der Waals surface area contributed by atoms with E-state index in [4.69, 9.17) is 4.74 Å². The van der Waals surface area contributed by atoms with Crippen LogP contribution in [-0.4, -0.2) is 35.2 Å². The van der Waals surface area contributed by atoms with Crippen molar-refractivity contribution in [1.29, 1.82) is 0 Å². The molecule has 1 aromatic heterocycles. The first-order valence-corrected chi connectivity index (χ1v) is 9.44. The molecule has 2 aromatic rings. The number of thioether (sulfide) groups is 1. The van der Waals surface area contributed by atoms with Gasteiger partial charge in [0.2, 0.25) is 0 Å². The fourth-order valence-electron chi connectivity index (χ4n) is 2.64. The Bertz CT molecular complexity index is 815. The monoisotopic (exact) mass is 446 g/mol. The predicted octanol–water partition coefficient (Wildman–Crippen LogP) is 4.76. The molecule has 1 fully saturated rings. The van der Waals surface area contributed by atoms with Crippen molar-refractivity contribution in [3.05, 3.63) is 57.8 Å². The van der Waals surface area contributed by atoms with Crippen LogP contribution < -0.4 is 4.74 Å². The number of halogens is 4. The molecule has 9 heteroatoms. The second-order valence-electron chi connectivity index (χ2n) is 5.55. The van der Waals surface area contributed by atoms with Crippen LogP contribution >= 0.6 is 27.7 Å². The van der Waals surface area contributed by atoms with Crippen molar-refractivity contribution in [3.8, 4) is 5.75 Å². The maximum Gasteiger partial charge on any atom is 0.433 e. The minimum absolute atomic E-state index is 0.137. The van der Waals surface area contributed by atoms with Gasteiger partial charge in [-0.1, -0.05) is 6.07 Å². The topological polar surface area (TPSA) is 42.4 Å². The Morgan fingerprint density at radius 2 is 2.12 bits per heavy atom. The number of methoxy groups -OCH3 is 1. The first-order valence-electron chi connectivity index (χ1n) is 7.60. The van der Waals surface area contributed by atoms with Crippen LogP contribution in [0.15, 0.2) is 41.0 Å². The summed E-state index contributed by atoms with van der Waals surface area (Å²) < 4.78 is 43.9. The summed E-state index contributed by atoms with van der Waals surface area (Å²) in [6.07, 6.45) is -3.54. The van der Waals surface area contributed by atoms with Crippen molar-refractivity contribution >= 4 is 33.6 Å². The molecule has 0 aliphatic carbocycles. The van der Waals surface area contributed by atoms with E-state index in [2.05, 4.69) is 20.9 Å². The number of amides is 1. The lowest BCUT2D eigenvalue weighted by molar-refractivity contribution is -0.141. The first-order chi connectivity index (χ1) is 12.3. The molecule has 0 N–H and O–H groups in total. The molecule has 1 unspecified atom stereocenters. The molecule has 0 spiro atoms. The van der Waals surface area contributed by atoms with Gasteiger partial charge in [0.05, 0.1) is 17.1 Å². The van der Waals surface area contributed by atoms with Gasteiger partial charge in [-0.2, -0.15) is 13.2 Å². The third-order valence-corrected chi connectivity index (χ3v) is 5.79. The van der Waals surface area contributed by atoms with Crippen molar-refractivity contribution in [2.45, 2.75) is 11.6 Å². The zero-order chi connectivity index (χ0) is 18.9. The number of aromatic nitrogens is 1. The summed E-state index contributed by atoms with van der Waals surface area (Å²) in [6, 6.07) is 7.56. The van der Waals surface area contributed by atoms with Crippen LogP contribution in [0.4, 0.5) is 13.2 Å². The van der Waals surface area contributed by atoms with Gasteiger partial charge in [0.1, 0.15) is 16.8 Å². The van der Waals surface area contributed by atoms with E-state index < -0.39 is 11.9 Å². The largest absolute Gasteiger partial charge is 0.496 e. The molecular formula is C17H14BrF3N2O2S. The van der Waals surface area contributed by atoms with Crippen LogP contribution in [0, 0.1) is 0 Å². The standard InChI is InChI=1S/C17H14BrF3N2O2S/c1-25-13-4-2-10(8-12(13)18)16-23(6-7-26-16)15(24)11-3-5-14(22-9-11)17(19,20)21/h2-5,8-9,16H,6-7H2,1H3. The Hall–Kier alpha value is -1.74. The number of carbonyl (C=O) groups is 1. The summed E-state index contributed by atoms with van der Waals surface area (Å²) in [5.74, 6) is 1.09. The van der Waals surface area contributed by atoms with E-state index in [9.17, 15) is 18.0 Å². The van der Waals surface area contributed by atoms with E-state index in [0.717, 1.165) is 28.1 Å². The van der Waals surface area contributed by atoms with Gasteiger partial charge in [-0.05, 0) is 45.8 Å². The SMILES string of the molecule is COc1ccc(C2SCCN2C(=O)c2ccc(C(F)(F)F)nc2)cc1Br. The molecule has 1 aromatic carbocycles. The molecule has 1 atom stereocenters. The Balaban J connectivity index is 1.83. The molecule has 0 bridgehead atoms. The van der Waals surface area contributed by atoms with Gasteiger partial charge >= 0.3 is 6.18 Å². The highest BCUT2D eigenvalue weighted by molar-refractivity contribution is 9.10. The Kier molecular flexibility index (Phi) is 5.47. The van der Waals surface area contributed by atoms with Crippen molar-refractivity contribution < 1.29 is 22.7 Å². The van der Waals surface area contributed by atoms with E-state index in [-0.39, 0.29) is 16.8 Å². The third-order valence-electron chi connectivity index (χ3n) is 3.91. The number of rotatable bonds is 3. The minimum Gasteiger partial charge on any atom is -0.496 e. The normalized spacial score (nSPS) is 17.4. The van der Waals surface area contributed by atoms with Crippen LogP contribution in [0.5, 0.6) is 5.75 Å². The van der Waals surface area contributed by atoms with Crippen molar-refractivity contribution in [3.63, 3.8) is 0 Å². The van der Waals surface area contributed by atoms with Crippen LogP contribution in [-0.2, 0) is 6.18 Å². The summed E-state index contributed by atoms with van der Waals surface area (Å²) in [7, 11) is 1.57. The van der Waals surface area contributed by atoms with Crippen LogP contribution in [0.3, 0.4) is 0 Å². The van der Waals surface area contributed by atoms with E-state index >= 15 is 0 Å². The maximum atomic E-state index is 12.8. The first kappa shape index (κ1) is 19.0. The molecule has 4 nitrogen and oxygen atoms in total. The number of benzene rings is 1. The van der Waals surface area contributed by atoms with E-state index in [1.165, 1.54) is 6.07 Å². The maximum absolute atomic E-state index is 12.8. The number of pyridine rings is 1. The second kappa shape index (κ2) is 7.48. The van der Waals surface area contributed by atoms with Gasteiger partial charge in [-0.15, -0.1) is 11.8 Å².